The number of hydrogen-bond donors (Lipinski definition) is 2. The molecule has 0 spiro atoms. The molecule has 1 saturated heterocycles. The van der Waals surface area contributed by atoms with Gasteiger partial charge >= 0.3 is 49.9 Å². The first-order valence-corrected chi connectivity index (χ1v) is 17.5. The number of hydrogen-bond acceptors (Lipinski definition) is 4. The third-order valence-electron chi connectivity index (χ3n) is 2.32. The van der Waals surface area contributed by atoms with Crippen molar-refractivity contribution in [1.82, 2.24) is 0 Å². The summed E-state index contributed by atoms with van der Waals surface area (Å²) in [5, 5.41) is 0. The number of nitrogens with two attached hydrogens (primary N) is 2. The van der Waals surface area contributed by atoms with Gasteiger partial charge in [0.25, 0.3) is 0 Å². The Balaban J connectivity index is 0.000000583. The number of ether oxygens (including phenoxy) is 2. The zero-order valence-corrected chi connectivity index (χ0v) is 15.4. The van der Waals surface area contributed by atoms with Gasteiger partial charge in [0.2, 0.25) is 0 Å². The van der Waals surface area contributed by atoms with Crippen LogP contribution < -0.4 is 11.5 Å². The molecule has 4 N–H and O–H groups in total. The molecule has 0 unspecified atom stereocenters. The van der Waals surface area contributed by atoms with Crippen molar-refractivity contribution >= 4 is 38.7 Å². The molecule has 1 aliphatic rings. The van der Waals surface area contributed by atoms with Crippen molar-refractivity contribution in [2.45, 2.75) is 38.3 Å². The van der Waals surface area contributed by atoms with Crippen LogP contribution in [0, 0.1) is 0 Å². The van der Waals surface area contributed by atoms with Crippen LogP contribution in [0.1, 0.15) is 20.3 Å². The fourth-order valence-corrected chi connectivity index (χ4v) is 1.39. The van der Waals surface area contributed by atoms with Crippen LogP contribution in [-0.2, 0) is 20.7 Å². The summed E-state index contributed by atoms with van der Waals surface area (Å²) in [6.45, 7) is 4.88. The molecular formula is C8H18I2N2O2Pt. The van der Waals surface area contributed by atoms with E-state index in [0.29, 0.717) is 24.3 Å². The van der Waals surface area contributed by atoms with Gasteiger partial charge in [-0.1, -0.05) is 6.92 Å². The molecule has 1 rings (SSSR count). The normalized spacial score (nSPS) is 28.7. The van der Waals surface area contributed by atoms with Crippen molar-refractivity contribution in [3.63, 3.8) is 0 Å². The summed E-state index contributed by atoms with van der Waals surface area (Å²) in [5.41, 5.74) is 11.0. The first kappa shape index (κ1) is 17.0. The molecule has 2 atom stereocenters. The summed E-state index contributed by atoms with van der Waals surface area (Å²) in [5.74, 6) is -0.478. The number of halogens is 2. The molecule has 4 nitrogen and oxygen atoms in total. The summed E-state index contributed by atoms with van der Waals surface area (Å²) in [6.07, 6.45) is 0.736. The van der Waals surface area contributed by atoms with E-state index in [4.69, 9.17) is 20.9 Å². The molecule has 1 aliphatic heterocycles. The molecule has 0 saturated carbocycles. The van der Waals surface area contributed by atoms with E-state index in [-0.39, 0.29) is 12.2 Å². The van der Waals surface area contributed by atoms with Gasteiger partial charge < -0.3 is 20.9 Å². The fourth-order valence-electron chi connectivity index (χ4n) is 1.39. The van der Waals surface area contributed by atoms with Crippen molar-refractivity contribution in [3.05, 3.63) is 0 Å². The minimum atomic E-state index is -0.478. The summed E-state index contributed by atoms with van der Waals surface area (Å²) in [6, 6.07) is 0. The number of rotatable bonds is 3. The van der Waals surface area contributed by atoms with Gasteiger partial charge in [0.1, 0.15) is 12.2 Å². The third kappa shape index (κ3) is 5.92. The monoisotopic (exact) mass is 623 g/mol. The molecule has 96 valence electrons. The van der Waals surface area contributed by atoms with E-state index >= 15 is 0 Å². The predicted octanol–water partition coefficient (Wildman–Crippen LogP) is 1.58. The first-order chi connectivity index (χ1) is 7.06. The van der Waals surface area contributed by atoms with E-state index in [0.717, 1.165) is 6.42 Å². The van der Waals surface area contributed by atoms with Gasteiger partial charge in [0.15, 0.2) is 5.79 Å². The molecular weight excluding hydrogens is 605 g/mol. The SMILES string of the molecule is CCC1(C)O[C@H](CN)[C@@H](CN)O1.[I][Pt][I]. The summed E-state index contributed by atoms with van der Waals surface area (Å²) in [4.78, 5) is 0. The van der Waals surface area contributed by atoms with Crippen LogP contribution in [0.15, 0.2) is 0 Å². The van der Waals surface area contributed by atoms with Crippen molar-refractivity contribution in [2.75, 3.05) is 13.1 Å². The average Bonchev–Trinajstić information content (AvgIpc) is 2.57. The van der Waals surface area contributed by atoms with Gasteiger partial charge in [0.05, 0.1) is 0 Å². The quantitative estimate of drug-likeness (QED) is 0.469. The molecule has 1 heterocycles. The fraction of sp³-hybridized carbons (Fsp3) is 1.00. The van der Waals surface area contributed by atoms with Gasteiger partial charge in [-0.2, -0.15) is 0 Å². The van der Waals surface area contributed by atoms with E-state index < -0.39 is 5.79 Å². The second kappa shape index (κ2) is 8.99. The summed E-state index contributed by atoms with van der Waals surface area (Å²) in [7, 11) is 0. The van der Waals surface area contributed by atoms with Crippen LogP contribution in [0.5, 0.6) is 0 Å². The molecule has 0 aromatic rings. The summed E-state index contributed by atoms with van der Waals surface area (Å²) >= 11 is 5.30. The Morgan fingerprint density at radius 2 is 1.53 bits per heavy atom. The molecule has 0 aromatic carbocycles. The van der Waals surface area contributed by atoms with E-state index in [1.54, 1.807) is 0 Å². The van der Waals surface area contributed by atoms with Gasteiger partial charge in [0, 0.05) is 13.1 Å². The molecule has 1 fully saturated rings. The molecule has 0 bridgehead atoms. The Morgan fingerprint density at radius 1 is 1.20 bits per heavy atom. The predicted molar refractivity (Wildman–Crippen MR) is 74.6 cm³/mol. The molecule has 0 aliphatic carbocycles. The standard InChI is InChI=1S/C8H18N2O2.2HI.Pt/c1-3-8(2)11-6(4-9)7(5-10)12-8;;;/h6-7H,3-5,9-10H2,1-2H3;2*1H;/q;;;+2/p-2/t6-,7-;;;/m1.../s1. The maximum absolute atomic E-state index is 5.62. The molecule has 15 heavy (non-hydrogen) atoms. The van der Waals surface area contributed by atoms with Crippen LogP contribution in [-0.4, -0.2) is 31.1 Å². The van der Waals surface area contributed by atoms with Gasteiger partial charge in [-0.3, -0.25) is 0 Å². The van der Waals surface area contributed by atoms with Crippen LogP contribution in [0.25, 0.3) is 0 Å². The Kier molecular flexibility index (Phi) is 10.2. The second-order valence-corrected chi connectivity index (χ2v) is 19.9. The van der Waals surface area contributed by atoms with Crippen LogP contribution in [0.4, 0.5) is 0 Å². The van der Waals surface area contributed by atoms with E-state index in [2.05, 4.69) is 38.7 Å². The Bertz CT molecular complexity index is 165. The van der Waals surface area contributed by atoms with Crippen LogP contribution >= 0.6 is 38.7 Å². The minimum absolute atomic E-state index is 0.0417. The molecule has 0 aromatic heterocycles. The van der Waals surface area contributed by atoms with E-state index in [1.165, 1.54) is 0 Å². The van der Waals surface area contributed by atoms with Crippen molar-refractivity contribution < 1.29 is 20.7 Å². The van der Waals surface area contributed by atoms with Gasteiger partial charge in [-0.05, 0) is 13.3 Å². The first-order valence-electron chi connectivity index (χ1n) is 4.65. The van der Waals surface area contributed by atoms with E-state index in [9.17, 15) is 0 Å². The van der Waals surface area contributed by atoms with E-state index in [1.807, 2.05) is 13.8 Å². The topological polar surface area (TPSA) is 70.5 Å². The van der Waals surface area contributed by atoms with Crippen molar-refractivity contribution in [1.29, 1.82) is 0 Å². The summed E-state index contributed by atoms with van der Waals surface area (Å²) < 4.78 is 11.2. The Hall–Kier alpha value is 1.99. The molecule has 0 radical (unpaired) electrons. The second-order valence-electron chi connectivity index (χ2n) is 3.32. The van der Waals surface area contributed by atoms with Gasteiger partial charge in [-0.25, -0.2) is 0 Å². The third-order valence-corrected chi connectivity index (χ3v) is 2.32. The molecule has 7 heteroatoms. The van der Waals surface area contributed by atoms with Crippen molar-refractivity contribution in [2.24, 2.45) is 11.5 Å². The Morgan fingerprint density at radius 3 is 1.73 bits per heavy atom. The van der Waals surface area contributed by atoms with Crippen molar-refractivity contribution in [3.8, 4) is 0 Å². The zero-order chi connectivity index (χ0) is 11.9. The average molecular weight is 623 g/mol. The zero-order valence-electron chi connectivity index (χ0n) is 8.82. The Labute approximate surface area is 121 Å². The van der Waals surface area contributed by atoms with Crippen LogP contribution in [0.2, 0.25) is 0 Å². The van der Waals surface area contributed by atoms with Crippen LogP contribution in [0.3, 0.4) is 0 Å². The molecule has 0 amide bonds. The maximum atomic E-state index is 5.62. The van der Waals surface area contributed by atoms with Gasteiger partial charge in [-0.15, -0.1) is 0 Å².